The molecule has 2 aliphatic rings. The van der Waals surface area contributed by atoms with Gasteiger partial charge in [0.05, 0.1) is 6.20 Å². The zero-order valence-electron chi connectivity index (χ0n) is 17.2. The molecule has 1 spiro atoms. The number of piperidine rings is 2. The van der Waals surface area contributed by atoms with Crippen molar-refractivity contribution in [1.82, 2.24) is 19.6 Å². The Morgan fingerprint density at radius 3 is 2.64 bits per heavy atom. The van der Waals surface area contributed by atoms with Crippen molar-refractivity contribution in [3.8, 4) is 0 Å². The van der Waals surface area contributed by atoms with Crippen LogP contribution in [0, 0.1) is 12.3 Å². The van der Waals surface area contributed by atoms with Crippen LogP contribution in [-0.2, 0) is 11.3 Å². The van der Waals surface area contributed by atoms with E-state index in [1.807, 2.05) is 24.0 Å². The molecule has 0 aliphatic carbocycles. The summed E-state index contributed by atoms with van der Waals surface area (Å²) in [7, 11) is 2.25. The second kappa shape index (κ2) is 8.08. The molecule has 3 heterocycles. The third-order valence-electron chi connectivity index (χ3n) is 6.58. The fraction of sp³-hybridized carbons (Fsp3) is 0.565. The van der Waals surface area contributed by atoms with Crippen molar-refractivity contribution in [2.75, 3.05) is 33.2 Å². The van der Waals surface area contributed by atoms with Crippen molar-refractivity contribution in [3.63, 3.8) is 0 Å². The summed E-state index contributed by atoms with van der Waals surface area (Å²) >= 11 is 0. The van der Waals surface area contributed by atoms with Crippen LogP contribution >= 0.6 is 0 Å². The van der Waals surface area contributed by atoms with Gasteiger partial charge in [0, 0.05) is 45.3 Å². The van der Waals surface area contributed by atoms with Gasteiger partial charge in [-0.3, -0.25) is 9.48 Å². The van der Waals surface area contributed by atoms with Gasteiger partial charge in [-0.2, -0.15) is 5.10 Å². The smallest absolute Gasteiger partial charge is 0.224 e. The molecule has 1 amide bonds. The minimum absolute atomic E-state index is 0.270. The number of likely N-dealkylation sites (tertiary alicyclic amines) is 2. The van der Waals surface area contributed by atoms with E-state index in [-0.39, 0.29) is 5.91 Å². The van der Waals surface area contributed by atoms with E-state index in [0.717, 1.165) is 44.6 Å². The van der Waals surface area contributed by atoms with Crippen LogP contribution in [0.25, 0.3) is 0 Å². The minimum Gasteiger partial charge on any atom is -0.343 e. The maximum Gasteiger partial charge on any atom is 0.224 e. The number of aryl methyl sites for hydroxylation is 2. The topological polar surface area (TPSA) is 41.4 Å². The largest absolute Gasteiger partial charge is 0.343 e. The van der Waals surface area contributed by atoms with Crippen molar-refractivity contribution in [3.05, 3.63) is 53.9 Å². The summed E-state index contributed by atoms with van der Waals surface area (Å²) in [5.41, 5.74) is 2.95. The SMILES string of the molecule is Cc1cnn(CCC(=O)N2CCC3(CC2)CC(c2ccccc2)CN(C)C3)c1. The van der Waals surface area contributed by atoms with Gasteiger partial charge >= 0.3 is 0 Å². The van der Waals surface area contributed by atoms with Gasteiger partial charge in [-0.25, -0.2) is 0 Å². The Bertz CT molecular complexity index is 792. The number of aromatic nitrogens is 2. The molecule has 0 radical (unpaired) electrons. The Kier molecular flexibility index (Phi) is 5.54. The summed E-state index contributed by atoms with van der Waals surface area (Å²) in [6, 6.07) is 10.9. The number of hydrogen-bond donors (Lipinski definition) is 0. The van der Waals surface area contributed by atoms with Crippen molar-refractivity contribution in [2.45, 2.75) is 45.1 Å². The standard InChI is InChI=1S/C23H32N4O/c1-19-15-24-27(16-19)11-8-22(28)26-12-9-23(10-13-26)14-21(17-25(2)18-23)20-6-4-3-5-7-20/h3-7,15-16,21H,8-14,17-18H2,1-2H3. The maximum absolute atomic E-state index is 12.7. The Labute approximate surface area is 168 Å². The Balaban J connectivity index is 1.33. The van der Waals surface area contributed by atoms with Crippen LogP contribution in [-0.4, -0.2) is 58.7 Å². The number of hydrogen-bond acceptors (Lipinski definition) is 3. The summed E-state index contributed by atoms with van der Waals surface area (Å²) in [5, 5.41) is 4.29. The van der Waals surface area contributed by atoms with E-state index in [2.05, 4.69) is 52.3 Å². The van der Waals surface area contributed by atoms with E-state index in [0.29, 0.717) is 24.3 Å². The summed E-state index contributed by atoms with van der Waals surface area (Å²) in [4.78, 5) is 17.2. The van der Waals surface area contributed by atoms with E-state index >= 15 is 0 Å². The number of carbonyl (C=O) groups is 1. The molecule has 1 unspecified atom stereocenters. The Morgan fingerprint density at radius 1 is 1.21 bits per heavy atom. The lowest BCUT2D eigenvalue weighted by Gasteiger charge is -2.49. The molecule has 4 rings (SSSR count). The molecule has 28 heavy (non-hydrogen) atoms. The predicted octanol–water partition coefficient (Wildman–Crippen LogP) is 3.31. The number of amides is 1. The van der Waals surface area contributed by atoms with Crippen molar-refractivity contribution >= 4 is 5.91 Å². The first kappa shape index (κ1) is 19.2. The highest BCUT2D eigenvalue weighted by atomic mass is 16.2. The average molecular weight is 381 g/mol. The normalized spacial score (nSPS) is 22.5. The lowest BCUT2D eigenvalue weighted by atomic mass is 9.68. The van der Waals surface area contributed by atoms with Crippen molar-refractivity contribution in [1.29, 1.82) is 0 Å². The molecular weight excluding hydrogens is 348 g/mol. The highest BCUT2D eigenvalue weighted by Crippen LogP contribution is 2.44. The van der Waals surface area contributed by atoms with Crippen LogP contribution < -0.4 is 0 Å². The van der Waals surface area contributed by atoms with Crippen LogP contribution in [0.4, 0.5) is 0 Å². The first-order chi connectivity index (χ1) is 13.5. The highest BCUT2D eigenvalue weighted by molar-refractivity contribution is 5.76. The van der Waals surface area contributed by atoms with Gasteiger partial charge in [-0.15, -0.1) is 0 Å². The molecule has 1 atom stereocenters. The first-order valence-corrected chi connectivity index (χ1v) is 10.5. The quantitative estimate of drug-likeness (QED) is 0.817. The van der Waals surface area contributed by atoms with Crippen LogP contribution in [0.15, 0.2) is 42.7 Å². The predicted molar refractivity (Wildman–Crippen MR) is 111 cm³/mol. The highest BCUT2D eigenvalue weighted by Gasteiger charge is 2.41. The number of nitrogens with zero attached hydrogens (tertiary/aromatic N) is 4. The molecule has 1 aromatic heterocycles. The van der Waals surface area contributed by atoms with E-state index in [1.165, 1.54) is 12.0 Å². The average Bonchev–Trinajstić information content (AvgIpc) is 3.12. The molecule has 2 aliphatic heterocycles. The van der Waals surface area contributed by atoms with Gasteiger partial charge in [-0.05, 0) is 55.7 Å². The zero-order valence-corrected chi connectivity index (χ0v) is 17.2. The molecule has 2 saturated heterocycles. The molecule has 5 heteroatoms. The lowest BCUT2D eigenvalue weighted by molar-refractivity contribution is -0.134. The second-order valence-electron chi connectivity index (χ2n) is 8.92. The molecule has 0 bridgehead atoms. The third kappa shape index (κ3) is 4.30. The number of carbonyl (C=O) groups excluding carboxylic acids is 1. The molecule has 150 valence electrons. The molecule has 2 aromatic rings. The van der Waals surface area contributed by atoms with Crippen LogP contribution in [0.1, 0.15) is 42.7 Å². The maximum atomic E-state index is 12.7. The fourth-order valence-electron chi connectivity index (χ4n) is 5.16. The van der Waals surface area contributed by atoms with Gasteiger partial charge < -0.3 is 9.80 Å². The molecule has 5 nitrogen and oxygen atoms in total. The van der Waals surface area contributed by atoms with Gasteiger partial charge in [0.25, 0.3) is 0 Å². The molecule has 2 fully saturated rings. The molecular formula is C23H32N4O. The van der Waals surface area contributed by atoms with Gasteiger partial charge in [0.1, 0.15) is 0 Å². The minimum atomic E-state index is 0.270. The van der Waals surface area contributed by atoms with E-state index in [4.69, 9.17) is 0 Å². The van der Waals surface area contributed by atoms with Crippen LogP contribution in [0.3, 0.4) is 0 Å². The Morgan fingerprint density at radius 2 is 1.96 bits per heavy atom. The number of likely N-dealkylation sites (N-methyl/N-ethyl adjacent to an activating group) is 1. The fourth-order valence-corrected chi connectivity index (χ4v) is 5.16. The lowest BCUT2D eigenvalue weighted by Crippen LogP contribution is -2.51. The van der Waals surface area contributed by atoms with E-state index in [9.17, 15) is 4.79 Å². The van der Waals surface area contributed by atoms with Gasteiger partial charge in [0.2, 0.25) is 5.91 Å². The number of benzene rings is 1. The summed E-state index contributed by atoms with van der Waals surface area (Å²) in [6.45, 7) is 6.79. The van der Waals surface area contributed by atoms with Crippen molar-refractivity contribution < 1.29 is 4.79 Å². The second-order valence-corrected chi connectivity index (χ2v) is 8.92. The van der Waals surface area contributed by atoms with Crippen LogP contribution in [0.5, 0.6) is 0 Å². The Hall–Kier alpha value is -2.14. The first-order valence-electron chi connectivity index (χ1n) is 10.5. The summed E-state index contributed by atoms with van der Waals surface area (Å²) in [6.07, 6.45) is 7.87. The zero-order chi connectivity index (χ0) is 19.6. The van der Waals surface area contributed by atoms with Crippen LogP contribution in [0.2, 0.25) is 0 Å². The molecule has 1 aromatic carbocycles. The monoisotopic (exact) mass is 380 g/mol. The molecule has 0 N–H and O–H groups in total. The molecule has 0 saturated carbocycles. The van der Waals surface area contributed by atoms with Crippen molar-refractivity contribution in [2.24, 2.45) is 5.41 Å². The van der Waals surface area contributed by atoms with E-state index < -0.39 is 0 Å². The van der Waals surface area contributed by atoms with Gasteiger partial charge in [-0.1, -0.05) is 30.3 Å². The van der Waals surface area contributed by atoms with E-state index in [1.54, 1.807) is 0 Å². The summed E-state index contributed by atoms with van der Waals surface area (Å²) < 4.78 is 1.87. The summed E-state index contributed by atoms with van der Waals surface area (Å²) in [5.74, 6) is 0.872. The third-order valence-corrected chi connectivity index (χ3v) is 6.58. The number of rotatable bonds is 4. The van der Waals surface area contributed by atoms with Gasteiger partial charge in [0.15, 0.2) is 0 Å².